The first-order valence-electron chi connectivity index (χ1n) is 11.1. The number of fused-ring (bicyclic) bond motifs is 1. The number of rotatable bonds is 6. The molecule has 174 valence electrons. The van der Waals surface area contributed by atoms with E-state index in [4.69, 9.17) is 4.74 Å². The number of piperidine rings is 1. The molecule has 0 radical (unpaired) electrons. The fraction of sp³-hybridized carbons (Fsp3) is 0.455. The van der Waals surface area contributed by atoms with Gasteiger partial charge in [0.25, 0.3) is 0 Å². The number of halogens is 1. The zero-order valence-corrected chi connectivity index (χ0v) is 18.4. The highest BCUT2D eigenvalue weighted by atomic mass is 19.1. The van der Waals surface area contributed by atoms with Crippen LogP contribution in [0.4, 0.5) is 16.0 Å². The molecule has 3 aromatic rings. The maximum atomic E-state index is 14.7. The fourth-order valence-electron chi connectivity index (χ4n) is 4.39. The molecule has 2 fully saturated rings. The van der Waals surface area contributed by atoms with Crippen LogP contribution in [0.3, 0.4) is 0 Å². The van der Waals surface area contributed by atoms with E-state index in [0.717, 1.165) is 25.2 Å². The summed E-state index contributed by atoms with van der Waals surface area (Å²) in [5, 5.41) is 8.30. The maximum absolute atomic E-state index is 14.7. The van der Waals surface area contributed by atoms with Gasteiger partial charge in [0.2, 0.25) is 17.7 Å². The van der Waals surface area contributed by atoms with Crippen molar-refractivity contribution in [3.8, 4) is 5.88 Å². The highest BCUT2D eigenvalue weighted by Gasteiger charge is 2.33. The van der Waals surface area contributed by atoms with Crippen molar-refractivity contribution >= 4 is 28.6 Å². The lowest BCUT2D eigenvalue weighted by Gasteiger charge is -2.34. The van der Waals surface area contributed by atoms with Crippen LogP contribution in [0.1, 0.15) is 18.9 Å². The van der Waals surface area contributed by atoms with Crippen LogP contribution >= 0.6 is 0 Å². The summed E-state index contributed by atoms with van der Waals surface area (Å²) in [5.74, 6) is 0.334. The van der Waals surface area contributed by atoms with E-state index in [1.807, 2.05) is 10.9 Å². The largest absolute Gasteiger partial charge is 0.469 e. The van der Waals surface area contributed by atoms with Gasteiger partial charge in [-0.2, -0.15) is 15.1 Å². The van der Waals surface area contributed by atoms with Gasteiger partial charge >= 0.3 is 0 Å². The quantitative estimate of drug-likeness (QED) is 0.551. The number of carbonyl (C=O) groups excluding carboxylic acids is 1. The zero-order chi connectivity index (χ0) is 22.9. The van der Waals surface area contributed by atoms with Crippen molar-refractivity contribution in [1.82, 2.24) is 34.5 Å². The van der Waals surface area contributed by atoms with Crippen LogP contribution in [0.15, 0.2) is 37.3 Å². The molecule has 2 saturated heterocycles. The van der Waals surface area contributed by atoms with Crippen molar-refractivity contribution in [1.29, 1.82) is 0 Å². The number of aromatic amines is 1. The molecule has 2 aliphatic rings. The molecule has 0 saturated carbocycles. The summed E-state index contributed by atoms with van der Waals surface area (Å²) in [7, 11) is 2.10. The van der Waals surface area contributed by atoms with Gasteiger partial charge in [-0.05, 0) is 38.6 Å². The summed E-state index contributed by atoms with van der Waals surface area (Å²) >= 11 is 0. The van der Waals surface area contributed by atoms with Crippen LogP contribution in [0.2, 0.25) is 0 Å². The number of H-pyrrole nitrogens is 1. The highest BCUT2D eigenvalue weighted by molar-refractivity contribution is 5.87. The average Bonchev–Trinajstić information content (AvgIpc) is 3.56. The Labute approximate surface area is 190 Å². The molecule has 2 N–H and O–H groups in total. The standard InChI is InChI=1S/C22H27FN8O2/c1-3-19(32)30-9-6-17(23)18(13-30)33-21-16-4-7-24-20(16)27-22(28-21)26-14-10-25-31(11-14)15-5-8-29(2)12-15/h3-4,7,10-11,15,17-18H,1,5-6,8-9,12-13H2,2H3,(H2,24,26,27,28). The van der Waals surface area contributed by atoms with Crippen LogP contribution in [0.25, 0.3) is 11.0 Å². The highest BCUT2D eigenvalue weighted by Crippen LogP contribution is 2.29. The molecule has 33 heavy (non-hydrogen) atoms. The van der Waals surface area contributed by atoms with Crippen molar-refractivity contribution in [2.24, 2.45) is 0 Å². The van der Waals surface area contributed by atoms with Crippen LogP contribution in [-0.2, 0) is 4.79 Å². The van der Waals surface area contributed by atoms with E-state index in [-0.39, 0.29) is 24.8 Å². The third-order valence-electron chi connectivity index (χ3n) is 6.21. The predicted octanol–water partition coefficient (Wildman–Crippen LogP) is 2.28. The number of nitrogens with one attached hydrogen (secondary N) is 2. The first-order chi connectivity index (χ1) is 16.0. The molecule has 3 atom stereocenters. The molecule has 10 nitrogen and oxygen atoms in total. The van der Waals surface area contributed by atoms with E-state index in [9.17, 15) is 9.18 Å². The Morgan fingerprint density at radius 2 is 2.21 bits per heavy atom. The summed E-state index contributed by atoms with van der Waals surface area (Å²) in [6, 6.07) is 2.12. The number of nitrogens with zero attached hydrogens (tertiary/aromatic N) is 6. The number of hydrogen-bond acceptors (Lipinski definition) is 7. The number of likely N-dealkylation sites (N-methyl/N-ethyl adjacent to an activating group) is 1. The number of carbonyl (C=O) groups is 1. The van der Waals surface area contributed by atoms with Gasteiger partial charge in [0.05, 0.1) is 29.9 Å². The Bertz CT molecular complexity index is 1160. The van der Waals surface area contributed by atoms with E-state index in [2.05, 4.69) is 43.9 Å². The molecule has 11 heteroatoms. The molecule has 0 aliphatic carbocycles. The molecule has 0 spiro atoms. The number of amides is 1. The lowest BCUT2D eigenvalue weighted by molar-refractivity contribution is -0.130. The van der Waals surface area contributed by atoms with Gasteiger partial charge in [-0.15, -0.1) is 0 Å². The van der Waals surface area contributed by atoms with Crippen LogP contribution in [0, 0.1) is 0 Å². The average molecular weight is 455 g/mol. The number of aromatic nitrogens is 5. The second-order valence-corrected chi connectivity index (χ2v) is 8.58. The van der Waals surface area contributed by atoms with Gasteiger partial charge in [0.15, 0.2) is 0 Å². The lowest BCUT2D eigenvalue weighted by Crippen LogP contribution is -2.49. The summed E-state index contributed by atoms with van der Waals surface area (Å²) in [6.07, 6.45) is 5.85. The van der Waals surface area contributed by atoms with Crippen molar-refractivity contribution in [2.45, 2.75) is 31.2 Å². The monoisotopic (exact) mass is 454 g/mol. The van der Waals surface area contributed by atoms with Crippen LogP contribution in [-0.4, -0.2) is 85.9 Å². The normalized spacial score (nSPS) is 23.7. The number of alkyl halides is 1. The number of ether oxygens (including phenoxy) is 1. The van der Waals surface area contributed by atoms with Crippen LogP contribution in [0.5, 0.6) is 5.88 Å². The van der Waals surface area contributed by atoms with Gasteiger partial charge in [0.1, 0.15) is 17.9 Å². The molecule has 1 amide bonds. The molecule has 0 bridgehead atoms. The lowest BCUT2D eigenvalue weighted by atomic mass is 10.1. The van der Waals surface area contributed by atoms with Crippen molar-refractivity contribution in [2.75, 3.05) is 38.5 Å². The van der Waals surface area contributed by atoms with Gasteiger partial charge in [-0.3, -0.25) is 9.48 Å². The Kier molecular flexibility index (Phi) is 5.71. The van der Waals surface area contributed by atoms with Gasteiger partial charge in [0, 0.05) is 25.5 Å². The predicted molar refractivity (Wildman–Crippen MR) is 121 cm³/mol. The Morgan fingerprint density at radius 3 is 3.00 bits per heavy atom. The van der Waals surface area contributed by atoms with E-state index < -0.39 is 12.3 Å². The van der Waals surface area contributed by atoms with Gasteiger partial charge < -0.3 is 24.8 Å². The Morgan fingerprint density at radius 1 is 1.33 bits per heavy atom. The summed E-state index contributed by atoms with van der Waals surface area (Å²) in [6.45, 7) is 5.99. The molecular weight excluding hydrogens is 427 g/mol. The summed E-state index contributed by atoms with van der Waals surface area (Å²) in [5.41, 5.74) is 1.32. The zero-order valence-electron chi connectivity index (χ0n) is 18.4. The second kappa shape index (κ2) is 8.81. The number of likely N-dealkylation sites (tertiary alicyclic amines) is 2. The molecule has 2 aliphatic heterocycles. The van der Waals surface area contributed by atoms with Crippen LogP contribution < -0.4 is 10.1 Å². The van der Waals surface area contributed by atoms with Gasteiger partial charge in [-0.1, -0.05) is 6.58 Å². The molecule has 0 aromatic carbocycles. The van der Waals surface area contributed by atoms with E-state index in [0.29, 0.717) is 29.6 Å². The number of anilines is 2. The molecule has 3 unspecified atom stereocenters. The van der Waals surface area contributed by atoms with Crippen molar-refractivity contribution < 1.29 is 13.9 Å². The Balaban J connectivity index is 1.36. The Hall–Kier alpha value is -3.47. The summed E-state index contributed by atoms with van der Waals surface area (Å²) in [4.78, 5) is 27.9. The smallest absolute Gasteiger partial charge is 0.246 e. The van der Waals surface area contributed by atoms with Crippen molar-refractivity contribution in [3.63, 3.8) is 0 Å². The molecule has 5 heterocycles. The van der Waals surface area contributed by atoms with Gasteiger partial charge in [-0.25, -0.2) is 4.39 Å². The third-order valence-corrected chi connectivity index (χ3v) is 6.21. The maximum Gasteiger partial charge on any atom is 0.246 e. The van der Waals surface area contributed by atoms with E-state index in [1.165, 1.54) is 11.0 Å². The third kappa shape index (κ3) is 4.40. The minimum absolute atomic E-state index is 0.132. The molecule has 5 rings (SSSR count). The SMILES string of the molecule is C=CC(=O)N1CCC(F)C(Oc2nc(Nc3cnn(C4CCN(C)C4)c3)nc3[nH]ccc23)C1. The number of hydrogen-bond donors (Lipinski definition) is 2. The summed E-state index contributed by atoms with van der Waals surface area (Å²) < 4.78 is 22.6. The van der Waals surface area contributed by atoms with E-state index in [1.54, 1.807) is 18.5 Å². The first-order valence-corrected chi connectivity index (χ1v) is 11.1. The van der Waals surface area contributed by atoms with Crippen molar-refractivity contribution in [3.05, 3.63) is 37.3 Å². The molecule has 3 aromatic heterocycles. The molecular formula is C22H27FN8O2. The minimum Gasteiger partial charge on any atom is -0.469 e. The minimum atomic E-state index is -1.21. The first kappa shape index (κ1) is 21.4. The fourth-order valence-corrected chi connectivity index (χ4v) is 4.39. The second-order valence-electron chi connectivity index (χ2n) is 8.58. The van der Waals surface area contributed by atoms with E-state index >= 15 is 0 Å². The topological polar surface area (TPSA) is 104 Å².